The maximum Gasteiger partial charge on any atom is 0.322 e. The Labute approximate surface area is 140 Å². The van der Waals surface area contributed by atoms with Crippen LogP contribution < -0.4 is 10.9 Å². The van der Waals surface area contributed by atoms with Crippen molar-refractivity contribution >= 4 is 11.7 Å². The minimum absolute atomic E-state index is 0.0864. The van der Waals surface area contributed by atoms with Crippen LogP contribution in [0.15, 0.2) is 53.5 Å². The summed E-state index contributed by atoms with van der Waals surface area (Å²) in [6.07, 6.45) is 3.60. The normalized spacial score (nSPS) is 13.5. The van der Waals surface area contributed by atoms with E-state index in [9.17, 15) is 9.59 Å². The van der Waals surface area contributed by atoms with E-state index in [2.05, 4.69) is 5.32 Å². The van der Waals surface area contributed by atoms with Gasteiger partial charge >= 0.3 is 6.03 Å². The molecule has 0 spiro atoms. The average Bonchev–Trinajstić information content (AvgIpc) is 3.42. The molecule has 0 radical (unpaired) electrons. The monoisotopic (exact) mass is 327 g/mol. The Balaban J connectivity index is 1.75. The number of rotatable bonds is 6. The molecule has 0 aliphatic heterocycles. The molecule has 0 unspecified atom stereocenters. The van der Waals surface area contributed by atoms with Crippen LogP contribution in [0.2, 0.25) is 0 Å². The zero-order chi connectivity index (χ0) is 16.9. The molecule has 2 aromatic rings. The van der Waals surface area contributed by atoms with Crippen molar-refractivity contribution in [3.05, 3.63) is 64.6 Å². The number of aliphatic hydroxyl groups excluding tert-OH is 1. The van der Waals surface area contributed by atoms with Gasteiger partial charge in [0, 0.05) is 18.8 Å². The summed E-state index contributed by atoms with van der Waals surface area (Å²) in [5, 5.41) is 11.8. The number of nitrogens with zero attached hydrogens (tertiary/aromatic N) is 2. The quantitative estimate of drug-likeness (QED) is 0.851. The number of aromatic nitrogens is 1. The fraction of sp³-hybridized carbons (Fsp3) is 0.333. The molecule has 2 amide bonds. The lowest BCUT2D eigenvalue weighted by atomic mass is 10.2. The van der Waals surface area contributed by atoms with Crippen LogP contribution in [0.4, 0.5) is 10.5 Å². The summed E-state index contributed by atoms with van der Waals surface area (Å²) in [6, 6.07) is 12.9. The second-order valence-corrected chi connectivity index (χ2v) is 5.92. The Hall–Kier alpha value is -2.60. The van der Waals surface area contributed by atoms with E-state index in [1.54, 1.807) is 27.8 Å². The number of hydrogen-bond acceptors (Lipinski definition) is 3. The summed E-state index contributed by atoms with van der Waals surface area (Å²) >= 11 is 0. The summed E-state index contributed by atoms with van der Waals surface area (Å²) in [5.41, 5.74) is 1.03. The number of benzene rings is 1. The smallest absolute Gasteiger partial charge is 0.322 e. The highest BCUT2D eigenvalue weighted by atomic mass is 16.3. The zero-order valence-corrected chi connectivity index (χ0v) is 13.4. The number of aliphatic hydroxyl groups is 1. The Kier molecular flexibility index (Phi) is 4.96. The van der Waals surface area contributed by atoms with Crippen LogP contribution in [0.5, 0.6) is 0 Å². The Morgan fingerprint density at radius 2 is 1.96 bits per heavy atom. The molecule has 3 rings (SSSR count). The lowest BCUT2D eigenvalue weighted by Gasteiger charge is -2.21. The molecular weight excluding hydrogens is 306 g/mol. The molecule has 1 aromatic heterocycles. The van der Waals surface area contributed by atoms with Gasteiger partial charge in [-0.3, -0.25) is 4.79 Å². The maximum atomic E-state index is 12.6. The van der Waals surface area contributed by atoms with E-state index in [1.807, 2.05) is 30.3 Å². The van der Waals surface area contributed by atoms with Crippen LogP contribution in [-0.4, -0.2) is 39.8 Å². The van der Waals surface area contributed by atoms with Gasteiger partial charge in [-0.05, 0) is 30.5 Å². The first-order valence-electron chi connectivity index (χ1n) is 8.11. The van der Waals surface area contributed by atoms with Gasteiger partial charge in [0.2, 0.25) is 0 Å². The predicted molar refractivity (Wildman–Crippen MR) is 92.1 cm³/mol. The first-order valence-corrected chi connectivity index (χ1v) is 8.11. The number of carbonyl (C=O) groups excluding carboxylic acids is 1. The largest absolute Gasteiger partial charge is 0.395 e. The SMILES string of the molecule is O=C(Nc1cccn(Cc2ccccc2)c1=O)N(CCO)C1CC1. The number of hydrogen-bond donors (Lipinski definition) is 2. The van der Waals surface area contributed by atoms with Crippen molar-refractivity contribution in [3.8, 4) is 0 Å². The number of nitrogens with one attached hydrogen (secondary N) is 1. The minimum Gasteiger partial charge on any atom is -0.395 e. The van der Waals surface area contributed by atoms with Crippen LogP contribution in [0.1, 0.15) is 18.4 Å². The van der Waals surface area contributed by atoms with Crippen molar-refractivity contribution in [1.29, 1.82) is 0 Å². The van der Waals surface area contributed by atoms with E-state index < -0.39 is 0 Å². The Morgan fingerprint density at radius 1 is 1.21 bits per heavy atom. The third-order valence-corrected chi connectivity index (χ3v) is 4.05. The van der Waals surface area contributed by atoms with Crippen molar-refractivity contribution in [1.82, 2.24) is 9.47 Å². The van der Waals surface area contributed by atoms with Crippen molar-refractivity contribution in [2.24, 2.45) is 0 Å². The van der Waals surface area contributed by atoms with Crippen molar-refractivity contribution in [3.63, 3.8) is 0 Å². The van der Waals surface area contributed by atoms with Gasteiger partial charge in [-0.2, -0.15) is 0 Å². The third kappa shape index (κ3) is 3.83. The van der Waals surface area contributed by atoms with E-state index in [1.165, 1.54) is 0 Å². The van der Waals surface area contributed by atoms with Crippen LogP contribution in [0, 0.1) is 0 Å². The number of urea groups is 1. The molecule has 1 aromatic carbocycles. The molecule has 2 N–H and O–H groups in total. The highest BCUT2D eigenvalue weighted by Crippen LogP contribution is 2.26. The highest BCUT2D eigenvalue weighted by molar-refractivity contribution is 5.89. The second-order valence-electron chi connectivity index (χ2n) is 5.92. The number of amides is 2. The molecule has 6 heteroatoms. The molecule has 1 heterocycles. The molecule has 1 aliphatic carbocycles. The molecule has 6 nitrogen and oxygen atoms in total. The Bertz CT molecular complexity index is 754. The minimum atomic E-state index is -0.332. The zero-order valence-electron chi connectivity index (χ0n) is 13.4. The molecule has 126 valence electrons. The molecule has 1 saturated carbocycles. The molecule has 24 heavy (non-hydrogen) atoms. The Morgan fingerprint density at radius 3 is 2.62 bits per heavy atom. The van der Waals surface area contributed by atoms with Gasteiger partial charge in [0.25, 0.3) is 5.56 Å². The third-order valence-electron chi connectivity index (χ3n) is 4.05. The summed E-state index contributed by atoms with van der Waals surface area (Å²) in [4.78, 5) is 26.5. The van der Waals surface area contributed by atoms with Crippen LogP contribution in [0.3, 0.4) is 0 Å². The van der Waals surface area contributed by atoms with E-state index in [0.717, 1.165) is 18.4 Å². The van der Waals surface area contributed by atoms with Gasteiger partial charge in [-0.1, -0.05) is 30.3 Å². The van der Waals surface area contributed by atoms with E-state index in [-0.39, 0.29) is 36.5 Å². The lowest BCUT2D eigenvalue weighted by molar-refractivity contribution is 0.185. The molecule has 0 saturated heterocycles. The van der Waals surface area contributed by atoms with Crippen molar-refractivity contribution < 1.29 is 9.90 Å². The summed E-state index contributed by atoms with van der Waals surface area (Å²) in [6.45, 7) is 0.644. The number of anilines is 1. The summed E-state index contributed by atoms with van der Waals surface area (Å²) < 4.78 is 1.57. The molecule has 0 bridgehead atoms. The maximum absolute atomic E-state index is 12.6. The fourth-order valence-electron chi connectivity index (χ4n) is 2.67. The van der Waals surface area contributed by atoms with Gasteiger partial charge in [0.05, 0.1) is 13.2 Å². The second kappa shape index (κ2) is 7.31. The van der Waals surface area contributed by atoms with Crippen LogP contribution in [0.25, 0.3) is 0 Å². The lowest BCUT2D eigenvalue weighted by Crippen LogP contribution is -2.40. The topological polar surface area (TPSA) is 74.6 Å². The highest BCUT2D eigenvalue weighted by Gasteiger charge is 2.32. The van der Waals surface area contributed by atoms with E-state index >= 15 is 0 Å². The molecule has 1 fully saturated rings. The summed E-state index contributed by atoms with van der Waals surface area (Å²) in [5.74, 6) is 0. The average molecular weight is 327 g/mol. The predicted octanol–water partition coefficient (Wildman–Crippen LogP) is 1.89. The van der Waals surface area contributed by atoms with Gasteiger partial charge < -0.3 is 19.9 Å². The van der Waals surface area contributed by atoms with Gasteiger partial charge in [-0.25, -0.2) is 4.79 Å². The standard InChI is InChI=1S/C18H21N3O3/c22-12-11-21(15-8-9-15)18(24)19-16-7-4-10-20(17(16)23)13-14-5-2-1-3-6-14/h1-7,10,15,22H,8-9,11-13H2,(H,19,24). The van der Waals surface area contributed by atoms with Crippen LogP contribution >= 0.6 is 0 Å². The van der Waals surface area contributed by atoms with Gasteiger partial charge in [0.1, 0.15) is 5.69 Å². The fourth-order valence-corrected chi connectivity index (χ4v) is 2.67. The van der Waals surface area contributed by atoms with Crippen molar-refractivity contribution in [2.75, 3.05) is 18.5 Å². The van der Waals surface area contributed by atoms with Crippen LogP contribution in [-0.2, 0) is 6.54 Å². The van der Waals surface area contributed by atoms with Gasteiger partial charge in [-0.15, -0.1) is 0 Å². The van der Waals surface area contributed by atoms with Crippen molar-refractivity contribution in [2.45, 2.75) is 25.4 Å². The molecular formula is C18H21N3O3. The van der Waals surface area contributed by atoms with E-state index in [4.69, 9.17) is 5.11 Å². The first-order chi connectivity index (χ1) is 11.7. The first kappa shape index (κ1) is 16.3. The number of carbonyl (C=O) groups is 1. The van der Waals surface area contributed by atoms with Gasteiger partial charge in [0.15, 0.2) is 0 Å². The molecule has 1 aliphatic rings. The summed E-state index contributed by atoms with van der Waals surface area (Å²) in [7, 11) is 0. The molecule has 0 atom stereocenters. The number of pyridine rings is 1. The van der Waals surface area contributed by atoms with E-state index in [0.29, 0.717) is 6.54 Å².